The summed E-state index contributed by atoms with van der Waals surface area (Å²) >= 11 is 1.98. The zero-order chi connectivity index (χ0) is 11.3. The average Bonchev–Trinajstić information content (AvgIpc) is 2.23. The Morgan fingerprint density at radius 3 is 2.80 bits per heavy atom. The molecule has 0 N–H and O–H groups in total. The Morgan fingerprint density at radius 2 is 2.20 bits per heavy atom. The standard InChI is InChI=1S/C11H13IO3/c1-8-4-3-5-9(7-14-2)11(8)15-10(13)6-12/h3-5H,6-7H2,1-2H3. The van der Waals surface area contributed by atoms with Crippen molar-refractivity contribution >= 4 is 28.6 Å². The highest BCUT2D eigenvalue weighted by Crippen LogP contribution is 2.24. The van der Waals surface area contributed by atoms with E-state index in [2.05, 4.69) is 0 Å². The molecule has 1 rings (SSSR count). The fraction of sp³-hybridized carbons (Fsp3) is 0.364. The Kier molecular flexibility index (Phi) is 5.04. The van der Waals surface area contributed by atoms with Crippen LogP contribution in [0.5, 0.6) is 5.75 Å². The largest absolute Gasteiger partial charge is 0.425 e. The van der Waals surface area contributed by atoms with Gasteiger partial charge in [0, 0.05) is 12.7 Å². The van der Waals surface area contributed by atoms with E-state index in [0.717, 1.165) is 11.1 Å². The monoisotopic (exact) mass is 320 g/mol. The number of carbonyl (C=O) groups excluding carboxylic acids is 1. The molecule has 0 aliphatic heterocycles. The molecule has 0 bridgehead atoms. The quantitative estimate of drug-likeness (QED) is 0.370. The van der Waals surface area contributed by atoms with E-state index >= 15 is 0 Å². The molecule has 0 spiro atoms. The van der Waals surface area contributed by atoms with Gasteiger partial charge in [-0.2, -0.15) is 0 Å². The second-order valence-corrected chi connectivity index (χ2v) is 3.87. The van der Waals surface area contributed by atoms with Crippen LogP contribution in [0.4, 0.5) is 0 Å². The van der Waals surface area contributed by atoms with Gasteiger partial charge in [0.2, 0.25) is 0 Å². The van der Waals surface area contributed by atoms with Gasteiger partial charge in [0.05, 0.1) is 11.0 Å². The van der Waals surface area contributed by atoms with Crippen molar-refractivity contribution in [3.05, 3.63) is 29.3 Å². The number of benzene rings is 1. The van der Waals surface area contributed by atoms with Gasteiger partial charge in [-0.25, -0.2) is 0 Å². The van der Waals surface area contributed by atoms with E-state index in [4.69, 9.17) is 9.47 Å². The molecule has 1 aromatic rings. The first-order valence-electron chi connectivity index (χ1n) is 4.53. The molecule has 0 aliphatic rings. The van der Waals surface area contributed by atoms with Crippen LogP contribution in [-0.4, -0.2) is 17.5 Å². The summed E-state index contributed by atoms with van der Waals surface area (Å²) in [6, 6.07) is 5.73. The van der Waals surface area contributed by atoms with Crippen molar-refractivity contribution < 1.29 is 14.3 Å². The van der Waals surface area contributed by atoms with Gasteiger partial charge >= 0.3 is 5.97 Å². The second-order valence-electron chi connectivity index (χ2n) is 3.10. The summed E-state index contributed by atoms with van der Waals surface area (Å²) in [4.78, 5) is 11.2. The molecule has 0 saturated heterocycles. The number of rotatable bonds is 4. The number of aryl methyl sites for hydroxylation is 1. The predicted molar refractivity (Wildman–Crippen MR) is 66.4 cm³/mol. The van der Waals surface area contributed by atoms with E-state index in [1.54, 1.807) is 7.11 Å². The number of para-hydroxylation sites is 1. The molecule has 4 heteroatoms. The summed E-state index contributed by atoms with van der Waals surface area (Å²) in [5.74, 6) is 0.392. The molecule has 0 fully saturated rings. The van der Waals surface area contributed by atoms with Crippen LogP contribution in [0.1, 0.15) is 11.1 Å². The first kappa shape index (κ1) is 12.4. The minimum Gasteiger partial charge on any atom is -0.425 e. The van der Waals surface area contributed by atoms with Gasteiger partial charge in [-0.3, -0.25) is 4.79 Å². The van der Waals surface area contributed by atoms with Crippen LogP contribution in [0.2, 0.25) is 0 Å². The number of carbonyl (C=O) groups is 1. The van der Waals surface area contributed by atoms with Gasteiger partial charge in [-0.05, 0) is 12.5 Å². The van der Waals surface area contributed by atoms with Crippen LogP contribution in [0, 0.1) is 6.92 Å². The van der Waals surface area contributed by atoms with Crippen molar-refractivity contribution in [2.24, 2.45) is 0 Å². The summed E-state index contributed by atoms with van der Waals surface area (Å²) in [5.41, 5.74) is 1.85. The molecule has 0 aliphatic carbocycles. The third kappa shape index (κ3) is 3.46. The minimum atomic E-state index is -0.234. The highest BCUT2D eigenvalue weighted by molar-refractivity contribution is 14.1. The third-order valence-corrected chi connectivity index (χ3v) is 2.54. The molecule has 82 valence electrons. The SMILES string of the molecule is COCc1cccc(C)c1OC(=O)CI. The molecule has 0 atom stereocenters. The number of methoxy groups -OCH3 is 1. The van der Waals surface area contributed by atoms with Crippen molar-refractivity contribution in [2.45, 2.75) is 13.5 Å². The molecule has 0 saturated carbocycles. The highest BCUT2D eigenvalue weighted by Gasteiger charge is 2.10. The average molecular weight is 320 g/mol. The molecular weight excluding hydrogens is 307 g/mol. The van der Waals surface area contributed by atoms with Crippen LogP contribution in [0.25, 0.3) is 0 Å². The molecular formula is C11H13IO3. The fourth-order valence-corrected chi connectivity index (χ4v) is 1.43. The lowest BCUT2D eigenvalue weighted by Gasteiger charge is -2.11. The third-order valence-electron chi connectivity index (χ3n) is 1.92. The van der Waals surface area contributed by atoms with Crippen molar-refractivity contribution in [1.29, 1.82) is 0 Å². The van der Waals surface area contributed by atoms with Crippen molar-refractivity contribution in [3.8, 4) is 5.75 Å². The zero-order valence-corrected chi connectivity index (χ0v) is 10.9. The first-order valence-corrected chi connectivity index (χ1v) is 6.05. The Hall–Kier alpha value is -0.620. The fourth-order valence-electron chi connectivity index (χ4n) is 1.27. The molecule has 0 unspecified atom stereocenters. The maximum absolute atomic E-state index is 11.2. The lowest BCUT2D eigenvalue weighted by atomic mass is 10.1. The normalized spacial score (nSPS) is 10.1. The van der Waals surface area contributed by atoms with E-state index in [1.165, 1.54) is 0 Å². The van der Waals surface area contributed by atoms with E-state index < -0.39 is 0 Å². The van der Waals surface area contributed by atoms with Gasteiger partial charge in [0.25, 0.3) is 0 Å². The Balaban J connectivity index is 2.96. The van der Waals surface area contributed by atoms with Crippen LogP contribution < -0.4 is 4.74 Å². The zero-order valence-electron chi connectivity index (χ0n) is 8.75. The molecule has 0 amide bonds. The van der Waals surface area contributed by atoms with Gasteiger partial charge in [-0.1, -0.05) is 40.8 Å². The number of ether oxygens (including phenoxy) is 2. The van der Waals surface area contributed by atoms with E-state index in [1.807, 2.05) is 47.7 Å². The molecule has 15 heavy (non-hydrogen) atoms. The Morgan fingerprint density at radius 1 is 1.47 bits per heavy atom. The number of hydrogen-bond acceptors (Lipinski definition) is 3. The summed E-state index contributed by atoms with van der Waals surface area (Å²) in [6.07, 6.45) is 0. The van der Waals surface area contributed by atoms with Crippen LogP contribution >= 0.6 is 22.6 Å². The summed E-state index contributed by atoms with van der Waals surface area (Å²) < 4.78 is 10.6. The minimum absolute atomic E-state index is 0.234. The maximum atomic E-state index is 11.2. The van der Waals surface area contributed by atoms with Crippen molar-refractivity contribution in [2.75, 3.05) is 11.5 Å². The number of hydrogen-bond donors (Lipinski definition) is 0. The maximum Gasteiger partial charge on any atom is 0.321 e. The predicted octanol–water partition coefficient (Wildman–Crippen LogP) is 2.48. The molecule has 0 aromatic heterocycles. The van der Waals surface area contributed by atoms with Gasteiger partial charge < -0.3 is 9.47 Å². The van der Waals surface area contributed by atoms with E-state index in [9.17, 15) is 4.79 Å². The smallest absolute Gasteiger partial charge is 0.321 e. The summed E-state index contributed by atoms with van der Waals surface area (Å²) in [6.45, 7) is 2.36. The number of alkyl halides is 1. The summed E-state index contributed by atoms with van der Waals surface area (Å²) in [5, 5.41) is 0. The molecule has 3 nitrogen and oxygen atoms in total. The van der Waals surface area contributed by atoms with Crippen LogP contribution in [-0.2, 0) is 16.1 Å². The Labute approximate surface area is 103 Å². The topological polar surface area (TPSA) is 35.5 Å². The first-order chi connectivity index (χ1) is 7.19. The lowest BCUT2D eigenvalue weighted by Crippen LogP contribution is -2.11. The summed E-state index contributed by atoms with van der Waals surface area (Å²) in [7, 11) is 1.62. The van der Waals surface area contributed by atoms with Crippen LogP contribution in [0.15, 0.2) is 18.2 Å². The van der Waals surface area contributed by atoms with E-state index in [0.29, 0.717) is 16.8 Å². The lowest BCUT2D eigenvalue weighted by molar-refractivity contribution is -0.131. The van der Waals surface area contributed by atoms with Crippen molar-refractivity contribution in [1.82, 2.24) is 0 Å². The molecule has 0 radical (unpaired) electrons. The highest BCUT2D eigenvalue weighted by atomic mass is 127. The Bertz CT molecular complexity index is 350. The van der Waals surface area contributed by atoms with Gasteiger partial charge in [0.15, 0.2) is 0 Å². The van der Waals surface area contributed by atoms with Crippen molar-refractivity contribution in [3.63, 3.8) is 0 Å². The number of halogens is 1. The molecule has 0 heterocycles. The molecule has 1 aromatic carbocycles. The second kappa shape index (κ2) is 6.07. The van der Waals surface area contributed by atoms with E-state index in [-0.39, 0.29) is 5.97 Å². The van der Waals surface area contributed by atoms with Gasteiger partial charge in [-0.15, -0.1) is 0 Å². The van der Waals surface area contributed by atoms with Crippen LogP contribution in [0.3, 0.4) is 0 Å². The van der Waals surface area contributed by atoms with Gasteiger partial charge in [0.1, 0.15) is 5.75 Å². The number of esters is 1.